The third kappa shape index (κ3) is 9.72. The predicted octanol–water partition coefficient (Wildman–Crippen LogP) is 0.0969. The molecule has 0 fully saturated rings. The van der Waals surface area contributed by atoms with Crippen LogP contribution in [0.4, 0.5) is 0 Å². The van der Waals surface area contributed by atoms with Crippen LogP contribution in [0.2, 0.25) is 0 Å². The summed E-state index contributed by atoms with van der Waals surface area (Å²) in [5.41, 5.74) is -0.303. The zero-order valence-electron chi connectivity index (χ0n) is 5.23. The van der Waals surface area contributed by atoms with Crippen LogP contribution in [0.3, 0.4) is 0 Å². The zero-order chi connectivity index (χ0) is 7.44. The molecule has 0 aliphatic carbocycles. The summed E-state index contributed by atoms with van der Waals surface area (Å²) in [7, 11) is 0. The Kier molecular flexibility index (Phi) is 12.1. The molecule has 0 amide bonds. The molecule has 4 nitrogen and oxygen atoms in total. The van der Waals surface area contributed by atoms with Gasteiger partial charge in [0.05, 0.1) is 6.42 Å². The van der Waals surface area contributed by atoms with E-state index in [4.69, 9.17) is 10.2 Å². The van der Waals surface area contributed by atoms with Gasteiger partial charge in [-0.05, 0) is 0 Å². The molecule has 6 heteroatoms. The van der Waals surface area contributed by atoms with Crippen molar-refractivity contribution in [3.8, 4) is 0 Å². The third-order valence-electron chi connectivity index (χ3n) is 0.667. The Hall–Kier alpha value is -0.281. The van der Waals surface area contributed by atoms with Crippen molar-refractivity contribution in [1.82, 2.24) is 0 Å². The number of carboxylic acids is 2. The molecule has 0 aliphatic rings. The maximum absolute atomic E-state index is 9.87. The van der Waals surface area contributed by atoms with Crippen molar-refractivity contribution < 1.29 is 53.9 Å². The molecule has 11 heavy (non-hydrogen) atoms. The van der Waals surface area contributed by atoms with Crippen molar-refractivity contribution in [2.24, 2.45) is 0 Å². The number of carbonyl (C=O) groups is 2. The standard InChI is InChI=1S/C5H6O4.2Cu/c1-3(5(8)9)2-4(6)7;;/h1-2H2,(H,6,7)(H,8,9);;. The van der Waals surface area contributed by atoms with Gasteiger partial charge >= 0.3 is 11.9 Å². The Balaban J connectivity index is -0.000000320. The van der Waals surface area contributed by atoms with Crippen LogP contribution in [0.25, 0.3) is 0 Å². The first-order chi connectivity index (χ1) is 4.04. The molecule has 2 radical (unpaired) electrons. The van der Waals surface area contributed by atoms with Crippen molar-refractivity contribution in [2.45, 2.75) is 6.42 Å². The average molecular weight is 257 g/mol. The van der Waals surface area contributed by atoms with Gasteiger partial charge in [-0.3, -0.25) is 4.79 Å². The topological polar surface area (TPSA) is 74.6 Å². The predicted molar refractivity (Wildman–Crippen MR) is 29.0 cm³/mol. The van der Waals surface area contributed by atoms with Gasteiger partial charge < -0.3 is 10.2 Å². The SMILES string of the molecule is C=C(CC(=O)O)C(=O)O.[Cu].[Cu]. The minimum atomic E-state index is -1.27. The smallest absolute Gasteiger partial charge is 0.331 e. The fraction of sp³-hybridized carbons (Fsp3) is 0.200. The van der Waals surface area contributed by atoms with Gasteiger partial charge in [-0.2, -0.15) is 0 Å². The Bertz CT molecular complexity index is 166. The molecule has 0 saturated carbocycles. The molecule has 2 N–H and O–H groups in total. The third-order valence-corrected chi connectivity index (χ3v) is 0.667. The van der Waals surface area contributed by atoms with E-state index in [1.165, 1.54) is 0 Å². The van der Waals surface area contributed by atoms with E-state index in [0.717, 1.165) is 0 Å². The Morgan fingerprint density at radius 1 is 1.18 bits per heavy atom. The second kappa shape index (κ2) is 7.82. The number of hydrogen-bond donors (Lipinski definition) is 2. The molecular formula is C5H6Cu2O4. The summed E-state index contributed by atoms with van der Waals surface area (Å²) in [5.74, 6) is -2.44. The van der Waals surface area contributed by atoms with Crippen LogP contribution in [-0.2, 0) is 43.7 Å². The second-order valence-electron chi connectivity index (χ2n) is 1.48. The van der Waals surface area contributed by atoms with Gasteiger partial charge in [0.1, 0.15) is 0 Å². The van der Waals surface area contributed by atoms with Crippen LogP contribution in [0, 0.1) is 0 Å². The van der Waals surface area contributed by atoms with E-state index in [1.54, 1.807) is 0 Å². The molecule has 0 aromatic carbocycles. The number of rotatable bonds is 3. The van der Waals surface area contributed by atoms with Crippen molar-refractivity contribution in [3.63, 3.8) is 0 Å². The summed E-state index contributed by atoms with van der Waals surface area (Å²) >= 11 is 0. The summed E-state index contributed by atoms with van der Waals surface area (Å²) in [6.07, 6.45) is -0.505. The molecule has 0 heterocycles. The van der Waals surface area contributed by atoms with Crippen LogP contribution in [0.1, 0.15) is 6.42 Å². The summed E-state index contributed by atoms with van der Waals surface area (Å²) in [4.78, 5) is 19.7. The molecule has 0 rings (SSSR count). The molecule has 0 aliphatic heterocycles. The van der Waals surface area contributed by atoms with Gasteiger partial charge in [0.15, 0.2) is 0 Å². The zero-order valence-corrected chi connectivity index (χ0v) is 7.11. The quantitative estimate of drug-likeness (QED) is 0.555. The van der Waals surface area contributed by atoms with E-state index in [0.29, 0.717) is 0 Å². The largest absolute Gasteiger partial charge is 0.481 e. The summed E-state index contributed by atoms with van der Waals surface area (Å²) in [5, 5.41) is 16.1. The Morgan fingerprint density at radius 3 is 1.64 bits per heavy atom. The van der Waals surface area contributed by atoms with Gasteiger partial charge in [0.2, 0.25) is 0 Å². The minimum absolute atomic E-state index is 0. The molecule has 0 unspecified atom stereocenters. The van der Waals surface area contributed by atoms with E-state index in [1.807, 2.05) is 0 Å². The summed E-state index contributed by atoms with van der Waals surface area (Å²) in [6, 6.07) is 0. The fourth-order valence-electron chi connectivity index (χ4n) is 0.258. The molecule has 0 saturated heterocycles. The Morgan fingerprint density at radius 2 is 1.55 bits per heavy atom. The van der Waals surface area contributed by atoms with Gasteiger partial charge in [0, 0.05) is 39.7 Å². The monoisotopic (exact) mass is 256 g/mol. The minimum Gasteiger partial charge on any atom is -0.481 e. The van der Waals surface area contributed by atoms with E-state index in [9.17, 15) is 9.59 Å². The number of aliphatic carboxylic acids is 2. The molecule has 0 bridgehead atoms. The van der Waals surface area contributed by atoms with Crippen molar-refractivity contribution in [1.29, 1.82) is 0 Å². The fourth-order valence-corrected chi connectivity index (χ4v) is 0.258. The number of carboxylic acid groups (broad SMARTS) is 2. The van der Waals surface area contributed by atoms with E-state index >= 15 is 0 Å². The molecule has 72 valence electrons. The van der Waals surface area contributed by atoms with E-state index < -0.39 is 18.4 Å². The van der Waals surface area contributed by atoms with Crippen molar-refractivity contribution >= 4 is 11.9 Å². The normalized spacial score (nSPS) is 6.91. The molecule has 0 spiro atoms. The maximum atomic E-state index is 9.87. The average Bonchev–Trinajstić information content (AvgIpc) is 1.63. The van der Waals surface area contributed by atoms with Gasteiger partial charge in [-0.15, -0.1) is 0 Å². The second-order valence-corrected chi connectivity index (χ2v) is 1.48. The van der Waals surface area contributed by atoms with Gasteiger partial charge in [-0.25, -0.2) is 4.79 Å². The van der Waals surface area contributed by atoms with Crippen LogP contribution in [0.5, 0.6) is 0 Å². The van der Waals surface area contributed by atoms with Crippen molar-refractivity contribution in [2.75, 3.05) is 0 Å². The van der Waals surface area contributed by atoms with Crippen LogP contribution in [0.15, 0.2) is 12.2 Å². The van der Waals surface area contributed by atoms with Crippen LogP contribution in [-0.4, -0.2) is 22.2 Å². The van der Waals surface area contributed by atoms with Crippen LogP contribution >= 0.6 is 0 Å². The number of hydrogen-bond acceptors (Lipinski definition) is 2. The molecule has 0 aromatic rings. The first-order valence-electron chi connectivity index (χ1n) is 2.17. The summed E-state index contributed by atoms with van der Waals surface area (Å²) in [6.45, 7) is 3.01. The van der Waals surface area contributed by atoms with Gasteiger partial charge in [0.25, 0.3) is 0 Å². The maximum Gasteiger partial charge on any atom is 0.331 e. The van der Waals surface area contributed by atoms with Gasteiger partial charge in [-0.1, -0.05) is 6.58 Å². The Labute approximate surface area is 84.6 Å². The molecular weight excluding hydrogens is 251 g/mol. The van der Waals surface area contributed by atoms with E-state index in [-0.39, 0.29) is 39.7 Å². The molecule has 0 aromatic heterocycles. The molecule has 0 atom stereocenters. The first-order valence-corrected chi connectivity index (χ1v) is 2.17. The van der Waals surface area contributed by atoms with Crippen molar-refractivity contribution in [3.05, 3.63) is 12.2 Å². The summed E-state index contributed by atoms with van der Waals surface area (Å²) < 4.78 is 0. The van der Waals surface area contributed by atoms with E-state index in [2.05, 4.69) is 6.58 Å². The van der Waals surface area contributed by atoms with Crippen LogP contribution < -0.4 is 0 Å². The first kappa shape index (κ1) is 17.0.